The third-order valence-electron chi connectivity index (χ3n) is 3.56. The fourth-order valence-electron chi connectivity index (χ4n) is 2.49. The topological polar surface area (TPSA) is 52.6 Å². The van der Waals surface area contributed by atoms with Crippen molar-refractivity contribution in [1.29, 1.82) is 0 Å². The molecule has 110 valence electrons. The van der Waals surface area contributed by atoms with Crippen molar-refractivity contribution in [3.8, 4) is 0 Å². The van der Waals surface area contributed by atoms with Crippen molar-refractivity contribution < 1.29 is 18.4 Å². The molecular weight excluding hydrogens is 263 g/mol. The maximum absolute atomic E-state index is 12.5. The van der Waals surface area contributed by atoms with E-state index < -0.39 is 7.60 Å². The van der Waals surface area contributed by atoms with Crippen LogP contribution in [0.4, 0.5) is 0 Å². The van der Waals surface area contributed by atoms with Crippen molar-refractivity contribution in [2.24, 2.45) is 17.3 Å². The molecule has 0 aromatic rings. The highest BCUT2D eigenvalue weighted by Gasteiger charge is 2.64. The SMILES string of the molecule is CCOP(=O)(OCC)C(=O)[C@@H]1[C@@H](C=C(C)C)C1(C)C. The van der Waals surface area contributed by atoms with Gasteiger partial charge >= 0.3 is 7.60 Å². The van der Waals surface area contributed by atoms with Crippen LogP contribution in [0.3, 0.4) is 0 Å². The van der Waals surface area contributed by atoms with Crippen LogP contribution in [0.2, 0.25) is 0 Å². The third-order valence-corrected chi connectivity index (χ3v) is 5.57. The van der Waals surface area contributed by atoms with Crippen LogP contribution in [-0.2, 0) is 18.4 Å². The molecule has 0 radical (unpaired) electrons. The zero-order valence-corrected chi connectivity index (χ0v) is 13.6. The summed E-state index contributed by atoms with van der Waals surface area (Å²) in [4.78, 5) is 12.5. The molecule has 1 aliphatic carbocycles. The third kappa shape index (κ3) is 3.36. The first-order valence-corrected chi connectivity index (χ1v) is 8.33. The largest absolute Gasteiger partial charge is 0.397 e. The fraction of sp³-hybridized carbons (Fsp3) is 0.786. The van der Waals surface area contributed by atoms with Gasteiger partial charge in [-0.2, -0.15) is 0 Å². The second-order valence-corrected chi connectivity index (χ2v) is 7.69. The van der Waals surface area contributed by atoms with Crippen LogP contribution >= 0.6 is 7.60 Å². The highest BCUT2D eigenvalue weighted by molar-refractivity contribution is 7.71. The molecule has 0 heterocycles. The van der Waals surface area contributed by atoms with Crippen LogP contribution in [0.25, 0.3) is 0 Å². The standard InChI is InChI=1S/C14H25O4P/c1-7-17-19(16,18-8-2)13(15)12-11(9-10(3)4)14(12,5)6/h9,11-12H,7-8H2,1-6H3/t11-,12+/m1/s1. The normalized spacial score (nSPS) is 24.9. The van der Waals surface area contributed by atoms with Gasteiger partial charge in [0.2, 0.25) is 5.52 Å². The second kappa shape index (κ2) is 5.90. The van der Waals surface area contributed by atoms with Gasteiger partial charge < -0.3 is 9.05 Å². The van der Waals surface area contributed by atoms with E-state index in [9.17, 15) is 9.36 Å². The Labute approximate surface area is 116 Å². The Bertz CT molecular complexity index is 411. The van der Waals surface area contributed by atoms with E-state index in [4.69, 9.17) is 9.05 Å². The van der Waals surface area contributed by atoms with Gasteiger partial charge in [0, 0.05) is 5.92 Å². The number of carbonyl (C=O) groups is 1. The quantitative estimate of drug-likeness (QED) is 0.524. The van der Waals surface area contributed by atoms with Crippen molar-refractivity contribution in [2.75, 3.05) is 13.2 Å². The summed E-state index contributed by atoms with van der Waals surface area (Å²) in [6.45, 7) is 11.9. The average molecular weight is 288 g/mol. The maximum Gasteiger partial charge on any atom is 0.397 e. The molecular formula is C14H25O4P. The second-order valence-electron chi connectivity index (χ2n) is 5.74. The predicted octanol–water partition coefficient (Wildman–Crippen LogP) is 4.02. The van der Waals surface area contributed by atoms with E-state index in [-0.39, 0.29) is 36.0 Å². The summed E-state index contributed by atoms with van der Waals surface area (Å²) < 4.78 is 22.8. The molecule has 0 amide bonds. The Hall–Kier alpha value is -0.440. The van der Waals surface area contributed by atoms with E-state index in [1.807, 2.05) is 27.7 Å². The van der Waals surface area contributed by atoms with Crippen molar-refractivity contribution in [1.82, 2.24) is 0 Å². The maximum atomic E-state index is 12.5. The molecule has 0 aromatic carbocycles. The van der Waals surface area contributed by atoms with Crippen LogP contribution in [0.1, 0.15) is 41.5 Å². The zero-order chi connectivity index (χ0) is 14.8. The minimum Gasteiger partial charge on any atom is -0.303 e. The number of hydrogen-bond acceptors (Lipinski definition) is 4. The van der Waals surface area contributed by atoms with Crippen molar-refractivity contribution >= 4 is 13.1 Å². The molecule has 0 N–H and O–H groups in total. The molecule has 1 aliphatic rings. The fourth-order valence-corrected chi connectivity index (χ4v) is 4.34. The van der Waals surface area contributed by atoms with Gasteiger partial charge in [-0.15, -0.1) is 0 Å². The highest BCUT2D eigenvalue weighted by atomic mass is 31.2. The van der Waals surface area contributed by atoms with E-state index in [1.165, 1.54) is 0 Å². The van der Waals surface area contributed by atoms with E-state index in [0.29, 0.717) is 0 Å². The summed E-state index contributed by atoms with van der Waals surface area (Å²) in [5.41, 5.74) is 0.623. The Morgan fingerprint density at radius 3 is 2.05 bits per heavy atom. The minimum atomic E-state index is -3.63. The predicted molar refractivity (Wildman–Crippen MR) is 76.1 cm³/mol. The monoisotopic (exact) mass is 288 g/mol. The summed E-state index contributed by atoms with van der Waals surface area (Å²) in [5, 5.41) is 0. The number of allylic oxidation sites excluding steroid dienone is 2. The molecule has 2 atom stereocenters. The van der Waals surface area contributed by atoms with Crippen molar-refractivity contribution in [3.05, 3.63) is 11.6 Å². The van der Waals surface area contributed by atoms with Gasteiger partial charge in [-0.05, 0) is 39.0 Å². The Morgan fingerprint density at radius 2 is 1.68 bits per heavy atom. The van der Waals surface area contributed by atoms with Crippen LogP contribution in [0.15, 0.2) is 11.6 Å². The van der Waals surface area contributed by atoms with Gasteiger partial charge in [-0.3, -0.25) is 9.36 Å². The molecule has 0 saturated heterocycles. The van der Waals surface area contributed by atoms with Gasteiger partial charge in [0.15, 0.2) is 0 Å². The molecule has 0 spiro atoms. The smallest absolute Gasteiger partial charge is 0.303 e. The van der Waals surface area contributed by atoms with E-state index in [2.05, 4.69) is 6.08 Å². The minimum absolute atomic E-state index is 0.124. The first-order chi connectivity index (χ1) is 8.70. The number of rotatable bonds is 7. The lowest BCUT2D eigenvalue weighted by molar-refractivity contribution is -0.115. The average Bonchev–Trinajstić information content (AvgIpc) is 2.79. The first kappa shape index (κ1) is 16.6. The van der Waals surface area contributed by atoms with E-state index in [0.717, 1.165) is 5.57 Å². The lowest BCUT2D eigenvalue weighted by atomic mass is 10.1. The van der Waals surface area contributed by atoms with E-state index >= 15 is 0 Å². The lowest BCUT2D eigenvalue weighted by Gasteiger charge is -2.16. The van der Waals surface area contributed by atoms with Gasteiger partial charge in [0.05, 0.1) is 13.2 Å². The molecule has 5 heteroatoms. The van der Waals surface area contributed by atoms with Gasteiger partial charge in [0.25, 0.3) is 0 Å². The molecule has 19 heavy (non-hydrogen) atoms. The Balaban J connectivity index is 2.94. The van der Waals surface area contributed by atoms with Crippen molar-refractivity contribution in [3.63, 3.8) is 0 Å². The van der Waals surface area contributed by atoms with Crippen LogP contribution < -0.4 is 0 Å². The Kier molecular flexibility index (Phi) is 5.16. The first-order valence-electron chi connectivity index (χ1n) is 6.79. The number of carbonyl (C=O) groups excluding carboxylic acids is 1. The molecule has 0 bridgehead atoms. The molecule has 0 aliphatic heterocycles. The lowest BCUT2D eigenvalue weighted by Crippen LogP contribution is -2.12. The molecule has 0 unspecified atom stereocenters. The summed E-state index contributed by atoms with van der Waals surface area (Å²) in [5.74, 6) is -0.148. The Morgan fingerprint density at radius 1 is 1.21 bits per heavy atom. The van der Waals surface area contributed by atoms with Gasteiger partial charge in [-0.25, -0.2) is 0 Å². The molecule has 1 fully saturated rings. The van der Waals surface area contributed by atoms with Crippen LogP contribution in [-0.4, -0.2) is 18.7 Å². The van der Waals surface area contributed by atoms with Crippen LogP contribution in [0, 0.1) is 17.3 Å². The summed E-state index contributed by atoms with van der Waals surface area (Å²) in [6.07, 6.45) is 2.07. The molecule has 0 aromatic heterocycles. The van der Waals surface area contributed by atoms with Crippen LogP contribution in [0.5, 0.6) is 0 Å². The summed E-state index contributed by atoms with van der Waals surface area (Å²) in [6, 6.07) is 0. The highest BCUT2D eigenvalue weighted by Crippen LogP contribution is 2.66. The summed E-state index contributed by atoms with van der Waals surface area (Å²) in [7, 11) is -3.63. The van der Waals surface area contributed by atoms with Crippen molar-refractivity contribution in [2.45, 2.75) is 41.5 Å². The van der Waals surface area contributed by atoms with E-state index in [1.54, 1.807) is 13.8 Å². The number of hydrogen-bond donors (Lipinski definition) is 0. The van der Waals surface area contributed by atoms with Gasteiger partial charge in [0.1, 0.15) is 0 Å². The molecule has 1 saturated carbocycles. The van der Waals surface area contributed by atoms with Gasteiger partial charge in [-0.1, -0.05) is 25.5 Å². The molecule has 4 nitrogen and oxygen atoms in total. The zero-order valence-electron chi connectivity index (χ0n) is 12.7. The molecule has 1 rings (SSSR count). The summed E-state index contributed by atoms with van der Waals surface area (Å²) >= 11 is 0.